The Labute approximate surface area is 212 Å². The average Bonchev–Trinajstić information content (AvgIpc) is 2.74. The zero-order valence-corrected chi connectivity index (χ0v) is 22.8. The molecular formula is C32H44O3. The molecule has 0 atom stereocenters. The summed E-state index contributed by atoms with van der Waals surface area (Å²) >= 11 is 0. The standard InChI is InChI=1S/C22H30O2.C10H14O/c1-21(2,3)17-11-7-9-15(19(17)23)13-14-16-10-8-12-18(20(16)24)22(4,5)6;1-8(2)7-9-3-5-10(11)6-4-9/h7-12,23-24H,13-14H2,1-6H3;3-6,8,11H,7H2,1-2H3. The van der Waals surface area contributed by atoms with Crippen molar-refractivity contribution in [2.45, 2.75) is 85.5 Å². The number of rotatable bonds is 5. The van der Waals surface area contributed by atoms with Crippen molar-refractivity contribution in [2.75, 3.05) is 0 Å². The van der Waals surface area contributed by atoms with E-state index in [1.54, 1.807) is 12.1 Å². The van der Waals surface area contributed by atoms with Gasteiger partial charge in [-0.05, 0) is 76.0 Å². The second-order valence-electron chi connectivity index (χ2n) is 11.9. The zero-order chi connectivity index (χ0) is 26.4. The van der Waals surface area contributed by atoms with Gasteiger partial charge in [-0.15, -0.1) is 0 Å². The predicted octanol–water partition coefficient (Wildman–Crippen LogP) is 8.07. The maximum Gasteiger partial charge on any atom is 0.122 e. The summed E-state index contributed by atoms with van der Waals surface area (Å²) in [5, 5.41) is 30.2. The van der Waals surface area contributed by atoms with E-state index in [9.17, 15) is 10.2 Å². The van der Waals surface area contributed by atoms with Crippen LogP contribution in [0.2, 0.25) is 0 Å². The third-order valence-corrected chi connectivity index (χ3v) is 6.10. The summed E-state index contributed by atoms with van der Waals surface area (Å²) < 4.78 is 0. The van der Waals surface area contributed by atoms with E-state index in [0.29, 0.717) is 36.0 Å². The van der Waals surface area contributed by atoms with E-state index in [1.807, 2.05) is 48.5 Å². The Morgan fingerprint density at radius 1 is 0.600 bits per heavy atom. The van der Waals surface area contributed by atoms with Gasteiger partial charge in [0.15, 0.2) is 0 Å². The molecule has 0 bridgehead atoms. The molecule has 190 valence electrons. The molecule has 0 fully saturated rings. The molecule has 0 aliphatic rings. The van der Waals surface area contributed by atoms with Crippen molar-refractivity contribution in [3.05, 3.63) is 88.5 Å². The highest BCUT2D eigenvalue weighted by Crippen LogP contribution is 2.36. The van der Waals surface area contributed by atoms with E-state index in [4.69, 9.17) is 5.11 Å². The summed E-state index contributed by atoms with van der Waals surface area (Å²) in [5.41, 5.74) is 4.91. The molecule has 3 heteroatoms. The minimum atomic E-state index is -0.0889. The SMILES string of the molecule is CC(C)(C)c1cccc(CCc2cccc(C(C)(C)C)c2O)c1O.CC(C)Cc1ccc(O)cc1. The summed E-state index contributed by atoms with van der Waals surface area (Å²) in [7, 11) is 0. The van der Waals surface area contributed by atoms with Gasteiger partial charge in [0.05, 0.1) is 0 Å². The largest absolute Gasteiger partial charge is 0.508 e. The Kier molecular flexibility index (Phi) is 9.43. The number of aryl methyl sites for hydroxylation is 2. The monoisotopic (exact) mass is 476 g/mol. The Bertz CT molecular complexity index is 1020. The van der Waals surface area contributed by atoms with Crippen LogP contribution in [-0.4, -0.2) is 15.3 Å². The first-order chi connectivity index (χ1) is 16.2. The minimum Gasteiger partial charge on any atom is -0.508 e. The molecule has 0 aromatic heterocycles. The number of benzene rings is 3. The molecule has 3 nitrogen and oxygen atoms in total. The van der Waals surface area contributed by atoms with Gasteiger partial charge in [0, 0.05) is 0 Å². The van der Waals surface area contributed by atoms with Crippen molar-refractivity contribution in [3.8, 4) is 17.2 Å². The first-order valence-corrected chi connectivity index (χ1v) is 12.6. The number of hydrogen-bond donors (Lipinski definition) is 3. The third kappa shape index (κ3) is 8.35. The van der Waals surface area contributed by atoms with E-state index in [2.05, 4.69) is 55.4 Å². The highest BCUT2D eigenvalue weighted by atomic mass is 16.3. The molecule has 3 N–H and O–H groups in total. The fourth-order valence-electron chi connectivity index (χ4n) is 4.17. The summed E-state index contributed by atoms with van der Waals surface area (Å²) in [4.78, 5) is 0. The summed E-state index contributed by atoms with van der Waals surface area (Å²) in [6.07, 6.45) is 2.49. The lowest BCUT2D eigenvalue weighted by Crippen LogP contribution is -2.13. The Hall–Kier alpha value is -2.94. The minimum absolute atomic E-state index is 0.0889. The molecule has 0 unspecified atom stereocenters. The van der Waals surface area contributed by atoms with Crippen LogP contribution >= 0.6 is 0 Å². The van der Waals surface area contributed by atoms with Gasteiger partial charge in [0.1, 0.15) is 17.2 Å². The van der Waals surface area contributed by atoms with Crippen molar-refractivity contribution >= 4 is 0 Å². The van der Waals surface area contributed by atoms with E-state index in [0.717, 1.165) is 28.7 Å². The van der Waals surface area contributed by atoms with Crippen LogP contribution in [0.5, 0.6) is 17.2 Å². The van der Waals surface area contributed by atoms with Gasteiger partial charge in [0.2, 0.25) is 0 Å². The van der Waals surface area contributed by atoms with Crippen molar-refractivity contribution < 1.29 is 15.3 Å². The van der Waals surface area contributed by atoms with Crippen LogP contribution in [0.3, 0.4) is 0 Å². The maximum absolute atomic E-state index is 10.6. The molecular weight excluding hydrogens is 432 g/mol. The number of phenolic OH excluding ortho intramolecular Hbond substituents is 3. The lowest BCUT2D eigenvalue weighted by atomic mass is 9.83. The van der Waals surface area contributed by atoms with E-state index in [1.165, 1.54) is 5.56 Å². The first kappa shape index (κ1) is 28.3. The summed E-state index contributed by atoms with van der Waals surface area (Å²) in [6.45, 7) is 17.0. The molecule has 0 aliphatic heterocycles. The van der Waals surface area contributed by atoms with Crippen LogP contribution in [0.15, 0.2) is 60.7 Å². The summed E-state index contributed by atoms with van der Waals surface area (Å²) in [5.74, 6) is 1.80. The quantitative estimate of drug-likeness (QED) is 0.349. The molecule has 0 spiro atoms. The smallest absolute Gasteiger partial charge is 0.122 e. The van der Waals surface area contributed by atoms with Crippen LogP contribution in [0.4, 0.5) is 0 Å². The molecule has 3 rings (SSSR count). The molecule has 0 heterocycles. The molecule has 0 radical (unpaired) electrons. The Balaban J connectivity index is 0.000000328. The molecule has 0 aliphatic carbocycles. The lowest BCUT2D eigenvalue weighted by Gasteiger charge is -2.23. The Morgan fingerprint density at radius 2 is 1.00 bits per heavy atom. The molecule has 0 saturated carbocycles. The van der Waals surface area contributed by atoms with Crippen molar-refractivity contribution in [1.29, 1.82) is 0 Å². The number of phenols is 3. The van der Waals surface area contributed by atoms with Crippen molar-refractivity contribution in [2.24, 2.45) is 5.92 Å². The van der Waals surface area contributed by atoms with E-state index in [-0.39, 0.29) is 10.8 Å². The van der Waals surface area contributed by atoms with Gasteiger partial charge >= 0.3 is 0 Å². The van der Waals surface area contributed by atoms with Crippen LogP contribution in [0.1, 0.15) is 83.2 Å². The second-order valence-corrected chi connectivity index (χ2v) is 11.9. The number of hydrogen-bond acceptors (Lipinski definition) is 3. The number of aromatic hydroxyl groups is 3. The fourth-order valence-corrected chi connectivity index (χ4v) is 4.17. The van der Waals surface area contributed by atoms with Gasteiger partial charge in [-0.3, -0.25) is 0 Å². The maximum atomic E-state index is 10.6. The van der Waals surface area contributed by atoms with E-state index < -0.39 is 0 Å². The highest BCUT2D eigenvalue weighted by Gasteiger charge is 2.21. The van der Waals surface area contributed by atoms with Crippen LogP contribution in [0, 0.1) is 5.92 Å². The topological polar surface area (TPSA) is 60.7 Å². The first-order valence-electron chi connectivity index (χ1n) is 12.6. The van der Waals surface area contributed by atoms with Gasteiger partial charge in [-0.25, -0.2) is 0 Å². The second kappa shape index (κ2) is 11.7. The predicted molar refractivity (Wildman–Crippen MR) is 148 cm³/mol. The van der Waals surface area contributed by atoms with Gasteiger partial charge in [-0.2, -0.15) is 0 Å². The number of para-hydroxylation sites is 2. The fraction of sp³-hybridized carbons (Fsp3) is 0.438. The Morgan fingerprint density at radius 3 is 1.34 bits per heavy atom. The van der Waals surface area contributed by atoms with Gasteiger partial charge in [-0.1, -0.05) is 104 Å². The van der Waals surface area contributed by atoms with Crippen molar-refractivity contribution in [1.82, 2.24) is 0 Å². The van der Waals surface area contributed by atoms with Gasteiger partial charge < -0.3 is 15.3 Å². The normalized spacial score (nSPS) is 11.8. The molecule has 35 heavy (non-hydrogen) atoms. The van der Waals surface area contributed by atoms with Crippen molar-refractivity contribution in [3.63, 3.8) is 0 Å². The molecule has 0 amide bonds. The van der Waals surface area contributed by atoms with Crippen LogP contribution < -0.4 is 0 Å². The molecule has 0 saturated heterocycles. The van der Waals surface area contributed by atoms with E-state index >= 15 is 0 Å². The highest BCUT2D eigenvalue weighted by molar-refractivity contribution is 5.47. The van der Waals surface area contributed by atoms with Gasteiger partial charge in [0.25, 0.3) is 0 Å². The zero-order valence-electron chi connectivity index (χ0n) is 22.8. The summed E-state index contributed by atoms with van der Waals surface area (Å²) in [6, 6.07) is 19.3. The lowest BCUT2D eigenvalue weighted by molar-refractivity contribution is 0.435. The molecule has 3 aromatic rings. The average molecular weight is 477 g/mol. The van der Waals surface area contributed by atoms with Crippen LogP contribution in [0.25, 0.3) is 0 Å². The molecule has 3 aromatic carbocycles. The van der Waals surface area contributed by atoms with Crippen LogP contribution in [-0.2, 0) is 30.1 Å². The third-order valence-electron chi connectivity index (χ3n) is 6.10.